The summed E-state index contributed by atoms with van der Waals surface area (Å²) in [6.45, 7) is 2.92. The summed E-state index contributed by atoms with van der Waals surface area (Å²) in [7, 11) is 0. The van der Waals surface area contributed by atoms with Gasteiger partial charge in [0.25, 0.3) is 0 Å². The number of thiazole rings is 1. The first-order valence-corrected chi connectivity index (χ1v) is 7.20. The maximum Gasteiger partial charge on any atom is 0.125 e. The van der Waals surface area contributed by atoms with Crippen molar-refractivity contribution >= 4 is 11.3 Å². The molecule has 1 fully saturated rings. The Bertz CT molecular complexity index is 636. The normalized spacial score (nSPS) is 22.3. The first kappa shape index (κ1) is 12.3. The van der Waals surface area contributed by atoms with Crippen LogP contribution in [0.25, 0.3) is 11.3 Å². The molecule has 0 aliphatic carbocycles. The number of hydrogen-bond acceptors (Lipinski definition) is 4. The molecule has 0 bridgehead atoms. The molecular weight excluding hydrogens is 256 g/mol. The number of nitrogens with zero attached hydrogens (tertiary/aromatic N) is 2. The maximum atomic E-state index is 8.94. The number of benzene rings is 1. The summed E-state index contributed by atoms with van der Waals surface area (Å²) in [5.41, 5.74) is 2.35. The zero-order valence-corrected chi connectivity index (χ0v) is 11.5. The second-order valence-corrected chi connectivity index (χ2v) is 5.77. The van der Waals surface area contributed by atoms with Gasteiger partial charge >= 0.3 is 0 Å². The molecule has 96 valence electrons. The van der Waals surface area contributed by atoms with Crippen LogP contribution in [0.15, 0.2) is 29.6 Å². The van der Waals surface area contributed by atoms with Crippen LogP contribution in [0.3, 0.4) is 0 Å². The summed E-state index contributed by atoms with van der Waals surface area (Å²) in [6.07, 6.45) is 2.12. The molecule has 1 aromatic carbocycles. The SMILES string of the molecule is CC1(c2nc(-c3cccc(C#N)c3)cs2)CCCO1. The van der Waals surface area contributed by atoms with Gasteiger partial charge in [-0.2, -0.15) is 5.26 Å². The Balaban J connectivity index is 1.95. The molecule has 1 aromatic heterocycles. The summed E-state index contributed by atoms with van der Waals surface area (Å²) in [4.78, 5) is 4.69. The first-order valence-electron chi connectivity index (χ1n) is 6.32. The van der Waals surface area contributed by atoms with Crippen LogP contribution in [0, 0.1) is 11.3 Å². The van der Waals surface area contributed by atoms with E-state index in [0.29, 0.717) is 5.56 Å². The van der Waals surface area contributed by atoms with Crippen molar-refractivity contribution in [2.75, 3.05) is 6.61 Å². The molecule has 3 nitrogen and oxygen atoms in total. The maximum absolute atomic E-state index is 8.94. The molecule has 4 heteroatoms. The van der Waals surface area contributed by atoms with Crippen LogP contribution >= 0.6 is 11.3 Å². The third-order valence-electron chi connectivity index (χ3n) is 3.46. The molecule has 0 saturated carbocycles. The average molecular weight is 270 g/mol. The smallest absolute Gasteiger partial charge is 0.125 e. The van der Waals surface area contributed by atoms with Gasteiger partial charge in [0, 0.05) is 17.6 Å². The fourth-order valence-corrected chi connectivity index (χ4v) is 3.32. The van der Waals surface area contributed by atoms with Gasteiger partial charge in [-0.15, -0.1) is 11.3 Å². The molecule has 2 aromatic rings. The molecule has 19 heavy (non-hydrogen) atoms. The van der Waals surface area contributed by atoms with E-state index >= 15 is 0 Å². The van der Waals surface area contributed by atoms with Crippen LogP contribution in [0.4, 0.5) is 0 Å². The fourth-order valence-electron chi connectivity index (χ4n) is 2.35. The highest BCUT2D eigenvalue weighted by Gasteiger charge is 2.34. The lowest BCUT2D eigenvalue weighted by atomic mass is 10.0. The van der Waals surface area contributed by atoms with Crippen molar-refractivity contribution in [2.45, 2.75) is 25.4 Å². The lowest BCUT2D eigenvalue weighted by Gasteiger charge is -2.19. The summed E-state index contributed by atoms with van der Waals surface area (Å²) in [6, 6.07) is 9.71. The molecular formula is C15H14N2OS. The molecule has 1 unspecified atom stereocenters. The van der Waals surface area contributed by atoms with Gasteiger partial charge in [-0.1, -0.05) is 12.1 Å². The van der Waals surface area contributed by atoms with E-state index in [1.165, 1.54) is 0 Å². The van der Waals surface area contributed by atoms with Crippen LogP contribution in [0.1, 0.15) is 30.3 Å². The number of aromatic nitrogens is 1. The minimum absolute atomic E-state index is 0.226. The van der Waals surface area contributed by atoms with E-state index in [4.69, 9.17) is 15.0 Å². The van der Waals surface area contributed by atoms with Crippen LogP contribution in [0.2, 0.25) is 0 Å². The van der Waals surface area contributed by atoms with Gasteiger partial charge in [0.15, 0.2) is 0 Å². The summed E-state index contributed by atoms with van der Waals surface area (Å²) in [5, 5.41) is 12.0. The van der Waals surface area contributed by atoms with Crippen molar-refractivity contribution < 1.29 is 4.74 Å². The minimum Gasteiger partial charge on any atom is -0.368 e. The van der Waals surface area contributed by atoms with Gasteiger partial charge in [0.1, 0.15) is 10.6 Å². The zero-order chi connectivity index (χ0) is 13.3. The van der Waals surface area contributed by atoms with Crippen LogP contribution < -0.4 is 0 Å². The van der Waals surface area contributed by atoms with E-state index < -0.39 is 0 Å². The summed E-state index contributed by atoms with van der Waals surface area (Å²) >= 11 is 1.63. The number of ether oxygens (including phenoxy) is 1. The number of hydrogen-bond donors (Lipinski definition) is 0. The van der Waals surface area contributed by atoms with Gasteiger partial charge in [-0.25, -0.2) is 4.98 Å². The number of nitriles is 1. The Kier molecular flexibility index (Phi) is 3.09. The second-order valence-electron chi connectivity index (χ2n) is 4.91. The summed E-state index contributed by atoms with van der Waals surface area (Å²) in [5.74, 6) is 0. The van der Waals surface area contributed by atoms with E-state index in [-0.39, 0.29) is 5.60 Å². The Morgan fingerprint density at radius 3 is 3.11 bits per heavy atom. The largest absolute Gasteiger partial charge is 0.368 e. The van der Waals surface area contributed by atoms with Gasteiger partial charge in [-0.05, 0) is 31.9 Å². The Morgan fingerprint density at radius 2 is 2.37 bits per heavy atom. The molecule has 0 spiro atoms. The van der Waals surface area contributed by atoms with Crippen LogP contribution in [0.5, 0.6) is 0 Å². The lowest BCUT2D eigenvalue weighted by molar-refractivity contribution is 0.0167. The predicted octanol–water partition coefficient (Wildman–Crippen LogP) is 3.71. The number of rotatable bonds is 2. The molecule has 1 aliphatic rings. The van der Waals surface area contributed by atoms with E-state index in [2.05, 4.69) is 13.0 Å². The third kappa shape index (κ3) is 2.27. The van der Waals surface area contributed by atoms with Crippen LogP contribution in [-0.2, 0) is 10.3 Å². The fraction of sp³-hybridized carbons (Fsp3) is 0.333. The highest BCUT2D eigenvalue weighted by Crippen LogP contribution is 2.38. The molecule has 0 amide bonds. The molecule has 1 saturated heterocycles. The van der Waals surface area contributed by atoms with Crippen molar-refractivity contribution in [1.29, 1.82) is 5.26 Å². The Labute approximate surface area is 116 Å². The Morgan fingerprint density at radius 1 is 1.47 bits per heavy atom. The molecule has 3 rings (SSSR count). The molecule has 0 radical (unpaired) electrons. The van der Waals surface area contributed by atoms with Gasteiger partial charge in [-0.3, -0.25) is 0 Å². The van der Waals surface area contributed by atoms with E-state index in [0.717, 1.165) is 35.7 Å². The molecule has 1 atom stereocenters. The minimum atomic E-state index is -0.226. The van der Waals surface area contributed by atoms with Crippen molar-refractivity contribution in [2.24, 2.45) is 0 Å². The molecule has 2 heterocycles. The second kappa shape index (κ2) is 4.76. The van der Waals surface area contributed by atoms with E-state index in [1.54, 1.807) is 17.4 Å². The van der Waals surface area contributed by atoms with Crippen molar-refractivity contribution in [3.05, 3.63) is 40.2 Å². The topological polar surface area (TPSA) is 45.9 Å². The van der Waals surface area contributed by atoms with Crippen molar-refractivity contribution in [3.63, 3.8) is 0 Å². The quantitative estimate of drug-likeness (QED) is 0.835. The molecule has 1 aliphatic heterocycles. The standard InChI is InChI=1S/C15H14N2OS/c1-15(6-3-7-18-15)14-17-13(10-19-14)12-5-2-4-11(8-12)9-16/h2,4-5,8,10H,3,6-7H2,1H3. The summed E-state index contributed by atoms with van der Waals surface area (Å²) < 4.78 is 5.82. The van der Waals surface area contributed by atoms with E-state index in [1.807, 2.05) is 23.6 Å². The third-order valence-corrected chi connectivity index (χ3v) is 4.55. The zero-order valence-electron chi connectivity index (χ0n) is 10.7. The van der Waals surface area contributed by atoms with Crippen molar-refractivity contribution in [3.8, 4) is 17.3 Å². The highest BCUT2D eigenvalue weighted by molar-refractivity contribution is 7.10. The van der Waals surface area contributed by atoms with Gasteiger partial charge < -0.3 is 4.74 Å². The van der Waals surface area contributed by atoms with Crippen molar-refractivity contribution in [1.82, 2.24) is 4.98 Å². The predicted molar refractivity (Wildman–Crippen MR) is 74.8 cm³/mol. The highest BCUT2D eigenvalue weighted by atomic mass is 32.1. The molecule has 0 N–H and O–H groups in total. The monoisotopic (exact) mass is 270 g/mol. The Hall–Kier alpha value is -1.70. The first-order chi connectivity index (χ1) is 9.21. The van der Waals surface area contributed by atoms with E-state index in [9.17, 15) is 0 Å². The average Bonchev–Trinajstić information content (AvgIpc) is 3.08. The van der Waals surface area contributed by atoms with Crippen LogP contribution in [-0.4, -0.2) is 11.6 Å². The van der Waals surface area contributed by atoms with Gasteiger partial charge in [0.2, 0.25) is 0 Å². The lowest BCUT2D eigenvalue weighted by Crippen LogP contribution is -2.19. The van der Waals surface area contributed by atoms with Gasteiger partial charge in [0.05, 0.1) is 17.3 Å².